The van der Waals surface area contributed by atoms with Crippen molar-refractivity contribution in [1.29, 1.82) is 0 Å². The lowest BCUT2D eigenvalue weighted by Gasteiger charge is -2.11. The summed E-state index contributed by atoms with van der Waals surface area (Å²) >= 11 is 1.27. The maximum Gasteiger partial charge on any atom is 0.338 e. The number of carboxylic acid groups (broad SMARTS) is 1. The van der Waals surface area contributed by atoms with Gasteiger partial charge in [0.2, 0.25) is 0 Å². The summed E-state index contributed by atoms with van der Waals surface area (Å²) in [6.45, 7) is 3.88. The molecule has 0 radical (unpaired) electrons. The second kappa shape index (κ2) is 6.04. The minimum atomic E-state index is -0.960. The van der Waals surface area contributed by atoms with E-state index in [-0.39, 0.29) is 5.56 Å². The molecule has 0 spiro atoms. The minimum Gasteiger partial charge on any atom is -0.478 e. The fourth-order valence-corrected chi connectivity index (χ4v) is 2.93. The zero-order valence-electron chi connectivity index (χ0n) is 11.6. The van der Waals surface area contributed by atoms with Gasteiger partial charge < -0.3 is 5.11 Å². The molecule has 0 bridgehead atoms. The van der Waals surface area contributed by atoms with Crippen LogP contribution in [0.1, 0.15) is 35.5 Å². The fourth-order valence-electron chi connectivity index (χ4n) is 2.01. The van der Waals surface area contributed by atoms with Gasteiger partial charge in [0.1, 0.15) is 5.03 Å². The number of carboxylic acids is 1. The van der Waals surface area contributed by atoms with Crippen LogP contribution in [-0.2, 0) is 19.9 Å². The van der Waals surface area contributed by atoms with Crippen LogP contribution in [0.4, 0.5) is 0 Å². The number of aromatic carboxylic acids is 1. The molecule has 0 aliphatic carbocycles. The smallest absolute Gasteiger partial charge is 0.338 e. The van der Waals surface area contributed by atoms with E-state index in [1.807, 2.05) is 27.1 Å². The third kappa shape index (κ3) is 2.82. The summed E-state index contributed by atoms with van der Waals surface area (Å²) in [5, 5.41) is 22.2. The average Bonchev–Trinajstić information content (AvgIpc) is 2.83. The molecule has 0 unspecified atom stereocenters. The molecule has 0 fully saturated rings. The quantitative estimate of drug-likeness (QED) is 0.909. The molecule has 0 atom stereocenters. The van der Waals surface area contributed by atoms with Gasteiger partial charge in [-0.05, 0) is 18.4 Å². The number of nitrogens with zero attached hydrogens (tertiary/aromatic N) is 4. The molecule has 0 saturated carbocycles. The first-order valence-corrected chi connectivity index (χ1v) is 7.16. The molecule has 2 rings (SSSR count). The van der Waals surface area contributed by atoms with E-state index in [0.29, 0.717) is 17.9 Å². The molecule has 106 valence electrons. The molecule has 0 aromatic carbocycles. The molecule has 2 aromatic heterocycles. The number of hydrogen-bond acceptors (Lipinski definition) is 5. The third-order valence-electron chi connectivity index (χ3n) is 2.92. The summed E-state index contributed by atoms with van der Waals surface area (Å²) in [6, 6.07) is 0. The van der Waals surface area contributed by atoms with E-state index in [1.165, 1.54) is 11.8 Å². The van der Waals surface area contributed by atoms with Crippen molar-refractivity contribution in [2.24, 2.45) is 7.05 Å². The van der Waals surface area contributed by atoms with Crippen LogP contribution >= 0.6 is 11.8 Å². The maximum absolute atomic E-state index is 11.6. The van der Waals surface area contributed by atoms with Crippen molar-refractivity contribution in [2.75, 3.05) is 0 Å². The fraction of sp³-hybridized carbons (Fsp3) is 0.385. The standard InChI is InChI=1S/C13H16N4O2S/c1-4-9-10(5-2)15-16-12(11(9)13(18)19)20-8-6-14-17(3)7-8/h6-7H,4-5H2,1-3H3,(H,18,19). The largest absolute Gasteiger partial charge is 0.478 e. The number of hydrogen-bond donors (Lipinski definition) is 1. The van der Waals surface area contributed by atoms with Gasteiger partial charge in [-0.1, -0.05) is 25.6 Å². The highest BCUT2D eigenvalue weighted by Gasteiger charge is 2.21. The van der Waals surface area contributed by atoms with Crippen molar-refractivity contribution in [2.45, 2.75) is 36.6 Å². The SMILES string of the molecule is CCc1nnc(Sc2cnn(C)c2)c(C(=O)O)c1CC. The van der Waals surface area contributed by atoms with E-state index in [4.69, 9.17) is 0 Å². The second-order valence-electron chi connectivity index (χ2n) is 4.27. The molecule has 0 amide bonds. The molecule has 7 heteroatoms. The molecule has 20 heavy (non-hydrogen) atoms. The normalized spacial score (nSPS) is 10.8. The Hall–Kier alpha value is -1.89. The van der Waals surface area contributed by atoms with Crippen LogP contribution < -0.4 is 0 Å². The van der Waals surface area contributed by atoms with Gasteiger partial charge in [-0.2, -0.15) is 10.2 Å². The lowest BCUT2D eigenvalue weighted by atomic mass is 10.0. The topological polar surface area (TPSA) is 80.9 Å². The summed E-state index contributed by atoms with van der Waals surface area (Å²) < 4.78 is 1.66. The van der Waals surface area contributed by atoms with E-state index < -0.39 is 5.97 Å². The van der Waals surface area contributed by atoms with Crippen molar-refractivity contribution in [3.05, 3.63) is 29.2 Å². The Kier molecular flexibility index (Phi) is 4.39. The number of aromatic nitrogens is 4. The van der Waals surface area contributed by atoms with Gasteiger partial charge in [-0.15, -0.1) is 5.10 Å². The van der Waals surface area contributed by atoms with Crippen LogP contribution in [0.2, 0.25) is 0 Å². The van der Waals surface area contributed by atoms with E-state index in [2.05, 4.69) is 15.3 Å². The number of aryl methyl sites for hydroxylation is 2. The first kappa shape index (κ1) is 14.5. The lowest BCUT2D eigenvalue weighted by molar-refractivity contribution is 0.0690. The van der Waals surface area contributed by atoms with Crippen LogP contribution in [0.3, 0.4) is 0 Å². The Balaban J connectivity index is 2.49. The zero-order valence-corrected chi connectivity index (χ0v) is 12.4. The summed E-state index contributed by atoms with van der Waals surface area (Å²) in [7, 11) is 1.81. The lowest BCUT2D eigenvalue weighted by Crippen LogP contribution is -2.11. The van der Waals surface area contributed by atoms with Crippen molar-refractivity contribution >= 4 is 17.7 Å². The highest BCUT2D eigenvalue weighted by Crippen LogP contribution is 2.30. The Morgan fingerprint density at radius 2 is 2.10 bits per heavy atom. The average molecular weight is 292 g/mol. The summed E-state index contributed by atoms with van der Waals surface area (Å²) in [6.07, 6.45) is 4.80. The Morgan fingerprint density at radius 3 is 2.60 bits per heavy atom. The summed E-state index contributed by atoms with van der Waals surface area (Å²) in [5.41, 5.74) is 1.77. The Morgan fingerprint density at radius 1 is 1.35 bits per heavy atom. The van der Waals surface area contributed by atoms with Gasteiger partial charge >= 0.3 is 5.97 Å². The molecule has 0 aliphatic heterocycles. The predicted molar refractivity (Wildman–Crippen MR) is 75.1 cm³/mol. The van der Waals surface area contributed by atoms with Crippen LogP contribution in [0.15, 0.2) is 22.3 Å². The molecular weight excluding hydrogens is 276 g/mol. The molecule has 0 saturated heterocycles. The van der Waals surface area contributed by atoms with Crippen molar-refractivity contribution in [3.63, 3.8) is 0 Å². The van der Waals surface area contributed by atoms with Crippen molar-refractivity contribution in [3.8, 4) is 0 Å². The zero-order chi connectivity index (χ0) is 14.7. The van der Waals surface area contributed by atoms with Gasteiger partial charge in [-0.3, -0.25) is 4.68 Å². The third-order valence-corrected chi connectivity index (χ3v) is 3.85. The van der Waals surface area contributed by atoms with Gasteiger partial charge in [0.05, 0.1) is 22.3 Å². The second-order valence-corrected chi connectivity index (χ2v) is 5.33. The Bertz CT molecular complexity index is 639. The molecule has 1 N–H and O–H groups in total. The van der Waals surface area contributed by atoms with Gasteiger partial charge in [-0.25, -0.2) is 4.79 Å². The van der Waals surface area contributed by atoms with Crippen LogP contribution in [-0.4, -0.2) is 31.1 Å². The Labute approximate surface area is 121 Å². The molecule has 2 heterocycles. The van der Waals surface area contributed by atoms with Gasteiger partial charge in [0.25, 0.3) is 0 Å². The predicted octanol–water partition coefficient (Wildman–Crippen LogP) is 2.18. The summed E-state index contributed by atoms with van der Waals surface area (Å²) in [5.74, 6) is -0.960. The van der Waals surface area contributed by atoms with Crippen LogP contribution in [0.25, 0.3) is 0 Å². The van der Waals surface area contributed by atoms with E-state index in [1.54, 1.807) is 10.9 Å². The first-order chi connectivity index (χ1) is 9.56. The van der Waals surface area contributed by atoms with E-state index in [9.17, 15) is 9.90 Å². The minimum absolute atomic E-state index is 0.258. The van der Waals surface area contributed by atoms with Gasteiger partial charge in [0, 0.05) is 13.2 Å². The summed E-state index contributed by atoms with van der Waals surface area (Å²) in [4.78, 5) is 12.4. The van der Waals surface area contributed by atoms with E-state index >= 15 is 0 Å². The first-order valence-electron chi connectivity index (χ1n) is 6.35. The van der Waals surface area contributed by atoms with Crippen LogP contribution in [0.5, 0.6) is 0 Å². The molecule has 6 nitrogen and oxygen atoms in total. The van der Waals surface area contributed by atoms with Crippen molar-refractivity contribution in [1.82, 2.24) is 20.0 Å². The maximum atomic E-state index is 11.6. The molecule has 0 aliphatic rings. The number of carbonyl (C=O) groups is 1. The highest BCUT2D eigenvalue weighted by molar-refractivity contribution is 7.99. The highest BCUT2D eigenvalue weighted by atomic mass is 32.2. The molecular formula is C13H16N4O2S. The van der Waals surface area contributed by atoms with Crippen LogP contribution in [0, 0.1) is 0 Å². The molecule has 2 aromatic rings. The van der Waals surface area contributed by atoms with Gasteiger partial charge in [0.15, 0.2) is 0 Å². The monoisotopic (exact) mass is 292 g/mol. The number of rotatable bonds is 5. The van der Waals surface area contributed by atoms with Crippen molar-refractivity contribution < 1.29 is 9.90 Å². The van der Waals surface area contributed by atoms with E-state index in [0.717, 1.165) is 16.2 Å².